The van der Waals surface area contributed by atoms with Crippen molar-refractivity contribution in [3.63, 3.8) is 0 Å². The van der Waals surface area contributed by atoms with Gasteiger partial charge < -0.3 is 9.64 Å². The van der Waals surface area contributed by atoms with E-state index in [0.29, 0.717) is 0 Å². The largest absolute Gasteiger partial charge is 0.378 e. The van der Waals surface area contributed by atoms with Crippen LogP contribution in [0.1, 0.15) is 0 Å². The predicted molar refractivity (Wildman–Crippen MR) is 78.6 cm³/mol. The van der Waals surface area contributed by atoms with Gasteiger partial charge in [0.1, 0.15) is 0 Å². The third-order valence-corrected chi connectivity index (χ3v) is 3.60. The third-order valence-electron chi connectivity index (χ3n) is 2.59. The molecule has 96 valence electrons. The van der Waals surface area contributed by atoms with Crippen molar-refractivity contribution in [3.05, 3.63) is 43.0 Å². The average molecular weight is 262 g/mol. The molecule has 0 spiro atoms. The maximum Gasteiger partial charge on any atom is 0.164 e. The van der Waals surface area contributed by atoms with Gasteiger partial charge in [0.15, 0.2) is 5.17 Å². The van der Waals surface area contributed by atoms with E-state index in [1.807, 2.05) is 36.4 Å². The molecule has 1 aliphatic heterocycles. The fourth-order valence-electron chi connectivity index (χ4n) is 1.70. The number of ether oxygens (including phenoxy) is 1. The Morgan fingerprint density at radius 3 is 2.72 bits per heavy atom. The Labute approximate surface area is 113 Å². The van der Waals surface area contributed by atoms with Crippen molar-refractivity contribution in [2.75, 3.05) is 32.1 Å². The second-order valence-electron chi connectivity index (χ2n) is 3.93. The number of para-hydroxylation sites is 1. The van der Waals surface area contributed by atoms with Crippen LogP contribution in [0, 0.1) is 0 Å². The number of benzene rings is 1. The number of thioether (sulfide) groups is 1. The first kappa shape index (κ1) is 13.2. The summed E-state index contributed by atoms with van der Waals surface area (Å²) in [4.78, 5) is 7.00. The first-order chi connectivity index (χ1) is 8.90. The second-order valence-corrected chi connectivity index (χ2v) is 4.92. The van der Waals surface area contributed by atoms with Crippen LogP contribution in [-0.4, -0.2) is 42.1 Å². The van der Waals surface area contributed by atoms with Gasteiger partial charge in [0.05, 0.1) is 18.9 Å². The van der Waals surface area contributed by atoms with Crippen molar-refractivity contribution in [2.45, 2.75) is 0 Å². The molecule has 0 bridgehead atoms. The smallest absolute Gasteiger partial charge is 0.164 e. The van der Waals surface area contributed by atoms with Crippen LogP contribution < -0.4 is 0 Å². The summed E-state index contributed by atoms with van der Waals surface area (Å²) in [5.41, 5.74) is 0.996. The Balaban J connectivity index is 2.12. The Hall–Kier alpha value is -1.26. The van der Waals surface area contributed by atoms with Gasteiger partial charge in [-0.05, 0) is 12.1 Å². The molecule has 0 aliphatic carbocycles. The van der Waals surface area contributed by atoms with Crippen LogP contribution in [0.2, 0.25) is 0 Å². The lowest BCUT2D eigenvalue weighted by molar-refractivity contribution is 0.0694. The Morgan fingerprint density at radius 2 is 2.06 bits per heavy atom. The molecule has 0 amide bonds. The zero-order valence-electron chi connectivity index (χ0n) is 10.4. The summed E-state index contributed by atoms with van der Waals surface area (Å²) in [7, 11) is 0. The van der Waals surface area contributed by atoms with Crippen LogP contribution in [-0.2, 0) is 4.74 Å². The molecule has 3 nitrogen and oxygen atoms in total. The average Bonchev–Trinajstić information content (AvgIpc) is 2.45. The maximum absolute atomic E-state index is 5.38. The van der Waals surface area contributed by atoms with Crippen molar-refractivity contribution >= 4 is 22.6 Å². The van der Waals surface area contributed by atoms with E-state index >= 15 is 0 Å². The van der Waals surface area contributed by atoms with E-state index in [1.165, 1.54) is 0 Å². The Bertz CT molecular complexity index is 400. The van der Waals surface area contributed by atoms with Gasteiger partial charge in [-0.3, -0.25) is 0 Å². The molecule has 2 rings (SSSR count). The number of morpholine rings is 1. The van der Waals surface area contributed by atoms with E-state index in [9.17, 15) is 0 Å². The predicted octanol–water partition coefficient (Wildman–Crippen LogP) is 2.93. The first-order valence-electron chi connectivity index (χ1n) is 6.10. The van der Waals surface area contributed by atoms with E-state index in [0.717, 1.165) is 42.9 Å². The van der Waals surface area contributed by atoms with Crippen molar-refractivity contribution < 1.29 is 4.74 Å². The van der Waals surface area contributed by atoms with E-state index in [1.54, 1.807) is 11.8 Å². The highest BCUT2D eigenvalue weighted by molar-refractivity contribution is 8.13. The molecule has 4 heteroatoms. The monoisotopic (exact) mass is 262 g/mol. The normalized spacial score (nSPS) is 16.7. The fourth-order valence-corrected chi connectivity index (χ4v) is 2.50. The van der Waals surface area contributed by atoms with Crippen LogP contribution in [0.4, 0.5) is 5.69 Å². The summed E-state index contributed by atoms with van der Waals surface area (Å²) in [5.74, 6) is 0.878. The highest BCUT2D eigenvalue weighted by Gasteiger charge is 2.15. The van der Waals surface area contributed by atoms with Crippen molar-refractivity contribution in [1.82, 2.24) is 4.90 Å². The quantitative estimate of drug-likeness (QED) is 0.475. The number of nitrogens with zero attached hydrogens (tertiary/aromatic N) is 2. The summed E-state index contributed by atoms with van der Waals surface area (Å²) in [5, 5.41) is 1.06. The van der Waals surface area contributed by atoms with Crippen molar-refractivity contribution in [2.24, 2.45) is 4.99 Å². The summed E-state index contributed by atoms with van der Waals surface area (Å²) in [6.07, 6.45) is 1.91. The molecule has 1 aromatic carbocycles. The van der Waals surface area contributed by atoms with Crippen LogP contribution in [0.3, 0.4) is 0 Å². The van der Waals surface area contributed by atoms with Crippen LogP contribution in [0.25, 0.3) is 0 Å². The molecule has 1 aromatic rings. The fraction of sp³-hybridized carbons (Fsp3) is 0.357. The summed E-state index contributed by atoms with van der Waals surface area (Å²) in [6, 6.07) is 10.1. The molecule has 1 heterocycles. The van der Waals surface area contributed by atoms with Gasteiger partial charge in [0.2, 0.25) is 0 Å². The molecule has 0 unspecified atom stereocenters. The number of hydrogen-bond acceptors (Lipinski definition) is 3. The zero-order valence-corrected chi connectivity index (χ0v) is 11.2. The molecule has 1 fully saturated rings. The number of amidine groups is 1. The maximum atomic E-state index is 5.38. The van der Waals surface area contributed by atoms with Gasteiger partial charge in [0.25, 0.3) is 0 Å². The lowest BCUT2D eigenvalue weighted by atomic mass is 10.3. The second kappa shape index (κ2) is 7.24. The van der Waals surface area contributed by atoms with Crippen LogP contribution in [0.5, 0.6) is 0 Å². The Morgan fingerprint density at radius 1 is 1.33 bits per heavy atom. The first-order valence-corrected chi connectivity index (χ1v) is 7.09. The van der Waals surface area contributed by atoms with Crippen LogP contribution >= 0.6 is 11.8 Å². The van der Waals surface area contributed by atoms with Crippen molar-refractivity contribution in [1.29, 1.82) is 0 Å². The lowest BCUT2D eigenvalue weighted by Gasteiger charge is -2.29. The molecule has 1 saturated heterocycles. The molecule has 1 aliphatic rings. The van der Waals surface area contributed by atoms with Gasteiger partial charge in [-0.1, -0.05) is 36.0 Å². The highest BCUT2D eigenvalue weighted by Crippen LogP contribution is 2.18. The van der Waals surface area contributed by atoms with E-state index in [4.69, 9.17) is 9.73 Å². The third kappa shape index (κ3) is 3.89. The minimum absolute atomic E-state index is 0.780. The number of aliphatic imine (C=N–C) groups is 1. The Kier molecular flexibility index (Phi) is 5.30. The highest BCUT2D eigenvalue weighted by atomic mass is 32.2. The van der Waals surface area contributed by atoms with Gasteiger partial charge in [-0.15, -0.1) is 6.58 Å². The molecule has 0 atom stereocenters. The molecule has 0 N–H and O–H groups in total. The SMILES string of the molecule is C=CCSC(=Nc1ccccc1)N1CCOCC1. The van der Waals surface area contributed by atoms with Gasteiger partial charge in [-0.25, -0.2) is 4.99 Å². The van der Waals surface area contributed by atoms with Crippen LogP contribution in [0.15, 0.2) is 48.0 Å². The number of rotatable bonds is 3. The molecular weight excluding hydrogens is 244 g/mol. The van der Waals surface area contributed by atoms with E-state index in [-0.39, 0.29) is 0 Å². The molecule has 18 heavy (non-hydrogen) atoms. The summed E-state index contributed by atoms with van der Waals surface area (Å²) in [6.45, 7) is 7.15. The van der Waals surface area contributed by atoms with Gasteiger partial charge in [-0.2, -0.15) is 0 Å². The molecule has 0 saturated carbocycles. The van der Waals surface area contributed by atoms with E-state index in [2.05, 4.69) is 11.5 Å². The van der Waals surface area contributed by atoms with E-state index < -0.39 is 0 Å². The minimum Gasteiger partial charge on any atom is -0.378 e. The van der Waals surface area contributed by atoms with Gasteiger partial charge in [0, 0.05) is 18.8 Å². The topological polar surface area (TPSA) is 24.8 Å². The lowest BCUT2D eigenvalue weighted by Crippen LogP contribution is -2.39. The van der Waals surface area contributed by atoms with Gasteiger partial charge >= 0.3 is 0 Å². The molecule has 0 aromatic heterocycles. The standard InChI is InChI=1S/C14H18N2OS/c1-2-12-18-14(16-8-10-17-11-9-16)15-13-6-4-3-5-7-13/h2-7H,1,8-12H2. The summed E-state index contributed by atoms with van der Waals surface area (Å²) < 4.78 is 5.38. The summed E-state index contributed by atoms with van der Waals surface area (Å²) >= 11 is 1.73. The number of hydrogen-bond donors (Lipinski definition) is 0. The minimum atomic E-state index is 0.780. The molecule has 0 radical (unpaired) electrons. The molecular formula is C14H18N2OS. The zero-order chi connectivity index (χ0) is 12.6. The van der Waals surface area contributed by atoms with Crippen molar-refractivity contribution in [3.8, 4) is 0 Å².